The summed E-state index contributed by atoms with van der Waals surface area (Å²) in [5, 5.41) is 11.1. The maximum Gasteiger partial charge on any atom is 0.338 e. The van der Waals surface area contributed by atoms with Crippen LogP contribution < -0.4 is 9.47 Å². The first-order valence-electron chi connectivity index (χ1n) is 18.6. The highest BCUT2D eigenvalue weighted by Gasteiger charge is 2.38. The standard InChI is InChI=1S/C48H49FO10/c1-28(2)43(50)56-37-21-16-33(17-22-37)32-12-14-35(15-13-32)41(47(8,9)54)58-46(53)31(7)27-55-48(10,11)42(59-45(52)30(5)6)39-25-20-36(26-40(39)49)34-18-23-38(24-19-34)57-44(51)29(3)4/h12-27,41-42,54H,1,3,5H2,2,4,6-11H3. The van der Waals surface area contributed by atoms with Gasteiger partial charge >= 0.3 is 23.9 Å². The lowest BCUT2D eigenvalue weighted by atomic mass is 9.92. The lowest BCUT2D eigenvalue weighted by molar-refractivity contribution is -0.161. The summed E-state index contributed by atoms with van der Waals surface area (Å²) in [5.41, 5.74) is 0.975. The summed E-state index contributed by atoms with van der Waals surface area (Å²) in [6, 6.07) is 24.9. The number of carbonyl (C=O) groups is 4. The number of aliphatic hydroxyl groups is 1. The average molecular weight is 805 g/mol. The van der Waals surface area contributed by atoms with E-state index in [1.807, 2.05) is 12.1 Å². The fourth-order valence-electron chi connectivity index (χ4n) is 5.55. The molecule has 1 N–H and O–H groups in total. The van der Waals surface area contributed by atoms with Gasteiger partial charge in [-0.25, -0.2) is 23.6 Å². The van der Waals surface area contributed by atoms with Gasteiger partial charge in [0.25, 0.3) is 0 Å². The Kier molecular flexibility index (Phi) is 14.4. The Morgan fingerprint density at radius 1 is 0.593 bits per heavy atom. The van der Waals surface area contributed by atoms with Crippen molar-refractivity contribution in [3.8, 4) is 33.8 Å². The van der Waals surface area contributed by atoms with Crippen molar-refractivity contribution in [1.82, 2.24) is 0 Å². The van der Waals surface area contributed by atoms with Gasteiger partial charge in [0.15, 0.2) is 12.2 Å². The number of halogens is 1. The molecule has 2 atom stereocenters. The van der Waals surface area contributed by atoms with Crippen LogP contribution in [0.5, 0.6) is 11.5 Å². The molecule has 0 amide bonds. The summed E-state index contributed by atoms with van der Waals surface area (Å²) < 4.78 is 44.1. The van der Waals surface area contributed by atoms with Crippen LogP contribution >= 0.6 is 0 Å². The monoisotopic (exact) mass is 804 g/mol. The van der Waals surface area contributed by atoms with Crippen LogP contribution in [0.3, 0.4) is 0 Å². The smallest absolute Gasteiger partial charge is 0.338 e. The Morgan fingerprint density at radius 2 is 1.00 bits per heavy atom. The van der Waals surface area contributed by atoms with Gasteiger partial charge in [-0.3, -0.25) is 0 Å². The highest BCUT2D eigenvalue weighted by molar-refractivity contribution is 5.90. The topological polar surface area (TPSA) is 135 Å². The van der Waals surface area contributed by atoms with Gasteiger partial charge < -0.3 is 28.8 Å². The second kappa shape index (κ2) is 18.8. The molecule has 0 bridgehead atoms. The summed E-state index contributed by atoms with van der Waals surface area (Å²) in [4.78, 5) is 50.0. The van der Waals surface area contributed by atoms with E-state index in [2.05, 4.69) is 19.7 Å². The van der Waals surface area contributed by atoms with Crippen molar-refractivity contribution in [3.63, 3.8) is 0 Å². The van der Waals surface area contributed by atoms with Gasteiger partial charge in [0.2, 0.25) is 0 Å². The molecule has 2 unspecified atom stereocenters. The van der Waals surface area contributed by atoms with Crippen molar-refractivity contribution in [2.75, 3.05) is 0 Å². The van der Waals surface area contributed by atoms with Crippen molar-refractivity contribution >= 4 is 23.9 Å². The maximum atomic E-state index is 16.0. The van der Waals surface area contributed by atoms with Crippen LogP contribution in [0.1, 0.15) is 78.7 Å². The van der Waals surface area contributed by atoms with E-state index in [4.69, 9.17) is 23.7 Å². The maximum absolute atomic E-state index is 16.0. The molecule has 0 fully saturated rings. The molecular formula is C48H49FO10. The van der Waals surface area contributed by atoms with E-state index < -0.39 is 53.1 Å². The fourth-order valence-corrected chi connectivity index (χ4v) is 5.55. The average Bonchev–Trinajstić information content (AvgIpc) is 3.18. The van der Waals surface area contributed by atoms with Crippen LogP contribution in [0.4, 0.5) is 4.39 Å². The molecule has 0 radical (unpaired) electrons. The molecule has 4 aromatic carbocycles. The number of esters is 4. The third kappa shape index (κ3) is 12.0. The van der Waals surface area contributed by atoms with Gasteiger partial charge in [0.1, 0.15) is 28.5 Å². The molecule has 4 rings (SSSR count). The normalized spacial score (nSPS) is 12.7. The molecule has 59 heavy (non-hydrogen) atoms. The predicted octanol–water partition coefficient (Wildman–Crippen LogP) is 10.0. The van der Waals surface area contributed by atoms with E-state index in [1.165, 1.54) is 46.8 Å². The molecule has 0 aliphatic heterocycles. The quantitative estimate of drug-likeness (QED) is 0.0505. The minimum Gasteiger partial charge on any atom is -0.491 e. The summed E-state index contributed by atoms with van der Waals surface area (Å²) in [6.07, 6.45) is -1.26. The molecule has 0 saturated heterocycles. The Labute approximate surface area is 344 Å². The number of rotatable bonds is 16. The number of ether oxygens (including phenoxy) is 5. The zero-order valence-corrected chi connectivity index (χ0v) is 34.5. The molecule has 0 saturated carbocycles. The first kappa shape index (κ1) is 45.1. The van der Waals surface area contributed by atoms with E-state index >= 15 is 4.39 Å². The van der Waals surface area contributed by atoms with Crippen molar-refractivity contribution in [2.45, 2.75) is 78.8 Å². The van der Waals surface area contributed by atoms with Crippen molar-refractivity contribution in [2.24, 2.45) is 0 Å². The molecule has 0 aromatic heterocycles. The van der Waals surface area contributed by atoms with Crippen molar-refractivity contribution in [3.05, 3.63) is 156 Å². The lowest BCUT2D eigenvalue weighted by Gasteiger charge is -2.34. The molecule has 0 aliphatic carbocycles. The minimum atomic E-state index is -1.50. The van der Waals surface area contributed by atoms with Crippen LogP contribution in [0, 0.1) is 5.82 Å². The molecule has 308 valence electrons. The summed E-state index contributed by atoms with van der Waals surface area (Å²) in [5.74, 6) is -2.70. The van der Waals surface area contributed by atoms with Gasteiger partial charge in [-0.2, -0.15) is 0 Å². The first-order chi connectivity index (χ1) is 27.6. The SMILES string of the molecule is C=C(C)C(=O)Oc1ccc(-c2ccc(C(OC(=O)C(C)=COC(C)(C)C(OC(=O)C(=C)C)c3ccc(-c4ccc(OC(=O)C(=C)C)cc4)cc3F)C(C)(C)O)cc2)cc1. The van der Waals surface area contributed by atoms with Crippen LogP contribution in [0.15, 0.2) is 139 Å². The van der Waals surface area contributed by atoms with E-state index in [9.17, 15) is 24.3 Å². The number of benzene rings is 4. The molecule has 0 heterocycles. The molecule has 4 aromatic rings. The molecule has 11 heteroatoms. The molecule has 0 aliphatic rings. The zero-order valence-electron chi connectivity index (χ0n) is 34.5. The first-order valence-corrected chi connectivity index (χ1v) is 18.6. The van der Waals surface area contributed by atoms with Crippen LogP contribution in [0.25, 0.3) is 22.3 Å². The van der Waals surface area contributed by atoms with E-state index in [0.29, 0.717) is 28.2 Å². The van der Waals surface area contributed by atoms with E-state index in [0.717, 1.165) is 17.4 Å². The summed E-state index contributed by atoms with van der Waals surface area (Å²) in [6.45, 7) is 23.0. The van der Waals surface area contributed by atoms with Gasteiger partial charge in [-0.1, -0.05) is 80.4 Å². The lowest BCUT2D eigenvalue weighted by Crippen LogP contribution is -2.36. The Balaban J connectivity index is 1.52. The van der Waals surface area contributed by atoms with Crippen LogP contribution in [-0.2, 0) is 33.4 Å². The van der Waals surface area contributed by atoms with E-state index in [1.54, 1.807) is 87.5 Å². The van der Waals surface area contributed by atoms with E-state index in [-0.39, 0.29) is 27.9 Å². The Bertz CT molecular complexity index is 2280. The van der Waals surface area contributed by atoms with Gasteiger partial charge in [-0.05, 0) is 114 Å². The van der Waals surface area contributed by atoms with Crippen LogP contribution in [-0.4, -0.2) is 40.2 Å². The zero-order chi connectivity index (χ0) is 43.8. The van der Waals surface area contributed by atoms with Gasteiger partial charge in [0.05, 0.1) is 11.8 Å². The molecular weight excluding hydrogens is 756 g/mol. The Morgan fingerprint density at radius 3 is 1.42 bits per heavy atom. The van der Waals surface area contributed by atoms with Crippen molar-refractivity contribution in [1.29, 1.82) is 0 Å². The Hall–Kier alpha value is -6.59. The molecule has 10 nitrogen and oxygen atoms in total. The number of hydrogen-bond donors (Lipinski definition) is 1. The van der Waals surface area contributed by atoms with Gasteiger partial charge in [0, 0.05) is 22.3 Å². The molecule has 0 spiro atoms. The van der Waals surface area contributed by atoms with Crippen LogP contribution in [0.2, 0.25) is 0 Å². The third-order valence-corrected chi connectivity index (χ3v) is 8.92. The second-order valence-electron chi connectivity index (χ2n) is 15.3. The van der Waals surface area contributed by atoms with Crippen molar-refractivity contribution < 1.29 is 52.4 Å². The summed E-state index contributed by atoms with van der Waals surface area (Å²) >= 11 is 0. The highest BCUT2D eigenvalue weighted by atomic mass is 19.1. The fraction of sp³-hybridized carbons (Fsp3) is 0.250. The highest BCUT2D eigenvalue weighted by Crippen LogP contribution is 2.38. The van der Waals surface area contributed by atoms with Gasteiger partial charge in [-0.15, -0.1) is 0 Å². The predicted molar refractivity (Wildman–Crippen MR) is 222 cm³/mol. The third-order valence-electron chi connectivity index (χ3n) is 8.92. The second-order valence-corrected chi connectivity index (χ2v) is 15.3. The number of hydrogen-bond acceptors (Lipinski definition) is 10. The summed E-state index contributed by atoms with van der Waals surface area (Å²) in [7, 11) is 0. The minimum absolute atomic E-state index is 0.00156. The number of carbonyl (C=O) groups excluding carboxylic acids is 4. The largest absolute Gasteiger partial charge is 0.491 e.